The van der Waals surface area contributed by atoms with Crippen LogP contribution >= 0.6 is 0 Å². The number of hydrogen-bond donors (Lipinski definition) is 2. The minimum atomic E-state index is -0.849. The van der Waals surface area contributed by atoms with Crippen molar-refractivity contribution in [3.63, 3.8) is 0 Å². The third-order valence-electron chi connectivity index (χ3n) is 6.61. The molecule has 3 aliphatic rings. The number of nitrogens with zero attached hydrogens (tertiary/aromatic N) is 2. The summed E-state index contributed by atoms with van der Waals surface area (Å²) in [6.45, 7) is 2.74. The summed E-state index contributed by atoms with van der Waals surface area (Å²) in [5.74, 6) is -0.460. The molecule has 8 nitrogen and oxygen atoms in total. The molecule has 30 heavy (non-hydrogen) atoms. The van der Waals surface area contributed by atoms with E-state index < -0.39 is 11.6 Å². The van der Waals surface area contributed by atoms with Crippen LogP contribution in [0.1, 0.15) is 51.0 Å². The van der Waals surface area contributed by atoms with Crippen molar-refractivity contribution in [3.05, 3.63) is 29.8 Å². The topological polar surface area (TPSA) is 98.8 Å². The highest BCUT2D eigenvalue weighted by Gasteiger charge is 2.55. The summed E-state index contributed by atoms with van der Waals surface area (Å²) in [6.07, 6.45) is 4.93. The summed E-state index contributed by atoms with van der Waals surface area (Å²) in [4.78, 5) is 52.4. The largest absolute Gasteiger partial charge is 0.350 e. The first-order valence-corrected chi connectivity index (χ1v) is 10.7. The molecular weight excluding hydrogens is 384 g/mol. The molecule has 1 spiro atoms. The number of imide groups is 1. The van der Waals surface area contributed by atoms with Crippen LogP contribution in [0.4, 0.5) is 10.5 Å². The maximum absolute atomic E-state index is 12.9. The van der Waals surface area contributed by atoms with E-state index >= 15 is 0 Å². The Morgan fingerprint density at radius 2 is 1.93 bits per heavy atom. The summed E-state index contributed by atoms with van der Waals surface area (Å²) >= 11 is 0. The van der Waals surface area contributed by atoms with Crippen LogP contribution in [0.25, 0.3) is 0 Å². The van der Waals surface area contributed by atoms with E-state index in [0.29, 0.717) is 12.8 Å². The number of urea groups is 1. The Bertz CT molecular complexity index is 868. The van der Waals surface area contributed by atoms with Crippen LogP contribution in [0, 0.1) is 5.92 Å². The Hall–Kier alpha value is -2.90. The Kier molecular flexibility index (Phi) is 5.49. The number of anilines is 1. The molecule has 2 heterocycles. The predicted molar refractivity (Wildman–Crippen MR) is 110 cm³/mol. The molecule has 4 rings (SSSR count). The minimum absolute atomic E-state index is 0.0664. The third-order valence-corrected chi connectivity index (χ3v) is 6.61. The highest BCUT2D eigenvalue weighted by Crippen LogP contribution is 2.38. The second-order valence-corrected chi connectivity index (χ2v) is 8.53. The molecule has 3 fully saturated rings. The third kappa shape index (κ3) is 3.66. The van der Waals surface area contributed by atoms with Crippen molar-refractivity contribution in [2.24, 2.45) is 5.92 Å². The quantitative estimate of drug-likeness (QED) is 0.722. The second-order valence-electron chi connectivity index (χ2n) is 8.53. The summed E-state index contributed by atoms with van der Waals surface area (Å²) < 4.78 is 0. The van der Waals surface area contributed by atoms with Crippen LogP contribution in [-0.4, -0.2) is 47.3 Å². The van der Waals surface area contributed by atoms with Crippen molar-refractivity contribution in [1.82, 2.24) is 15.5 Å². The van der Waals surface area contributed by atoms with Crippen LogP contribution in [0.3, 0.4) is 0 Å². The van der Waals surface area contributed by atoms with E-state index in [1.54, 1.807) is 4.90 Å². The van der Waals surface area contributed by atoms with Gasteiger partial charge in [0.1, 0.15) is 12.1 Å². The van der Waals surface area contributed by atoms with Crippen LogP contribution in [0.15, 0.2) is 24.3 Å². The number of carbonyl (C=O) groups excluding carboxylic acids is 4. The number of carbonyl (C=O) groups is 4. The molecular formula is C22H28N4O4. The van der Waals surface area contributed by atoms with E-state index in [9.17, 15) is 19.2 Å². The lowest BCUT2D eigenvalue weighted by atomic mass is 9.73. The van der Waals surface area contributed by atoms with E-state index in [1.165, 1.54) is 0 Å². The fourth-order valence-electron chi connectivity index (χ4n) is 4.75. The van der Waals surface area contributed by atoms with Crippen LogP contribution in [-0.2, 0) is 20.9 Å². The monoisotopic (exact) mass is 412 g/mol. The van der Waals surface area contributed by atoms with Crippen LogP contribution in [0.5, 0.6) is 0 Å². The van der Waals surface area contributed by atoms with Crippen molar-refractivity contribution in [1.29, 1.82) is 0 Å². The van der Waals surface area contributed by atoms with Crippen molar-refractivity contribution in [3.8, 4) is 0 Å². The Morgan fingerprint density at radius 1 is 1.17 bits per heavy atom. The number of nitrogens with one attached hydrogen (secondary N) is 2. The minimum Gasteiger partial charge on any atom is -0.350 e. The van der Waals surface area contributed by atoms with Gasteiger partial charge in [-0.3, -0.25) is 19.3 Å². The average molecular weight is 412 g/mol. The normalized spacial score (nSPS) is 26.4. The van der Waals surface area contributed by atoms with Gasteiger partial charge in [0, 0.05) is 25.2 Å². The molecule has 0 radical (unpaired) electrons. The summed E-state index contributed by atoms with van der Waals surface area (Å²) in [6, 6.07) is 7.00. The van der Waals surface area contributed by atoms with Gasteiger partial charge in [-0.2, -0.15) is 0 Å². The Morgan fingerprint density at radius 3 is 2.60 bits per heavy atom. The molecule has 8 heteroatoms. The highest BCUT2D eigenvalue weighted by molar-refractivity contribution is 6.09. The van der Waals surface area contributed by atoms with Crippen LogP contribution in [0.2, 0.25) is 0 Å². The van der Waals surface area contributed by atoms with Gasteiger partial charge in [0.15, 0.2) is 0 Å². The molecule has 2 saturated heterocycles. The summed E-state index contributed by atoms with van der Waals surface area (Å²) in [7, 11) is 0. The van der Waals surface area contributed by atoms with Crippen molar-refractivity contribution in [2.75, 3.05) is 18.0 Å². The molecule has 0 bridgehead atoms. The Labute approximate surface area is 176 Å². The van der Waals surface area contributed by atoms with Gasteiger partial charge in [0.05, 0.1) is 0 Å². The van der Waals surface area contributed by atoms with E-state index in [0.717, 1.165) is 48.4 Å². The second kappa shape index (κ2) is 8.08. The molecule has 5 amide bonds. The number of rotatable bonds is 5. The molecule has 1 aromatic rings. The number of hydrogen-bond acceptors (Lipinski definition) is 4. The first-order chi connectivity index (χ1) is 14.4. The first kappa shape index (κ1) is 20.4. The van der Waals surface area contributed by atoms with E-state index in [1.807, 2.05) is 31.2 Å². The van der Waals surface area contributed by atoms with Crippen molar-refractivity contribution in [2.45, 2.75) is 57.5 Å². The molecule has 1 saturated carbocycles. The molecule has 160 valence electrons. The molecule has 1 aliphatic carbocycles. The van der Waals surface area contributed by atoms with Gasteiger partial charge in [0.25, 0.3) is 5.91 Å². The maximum atomic E-state index is 12.9. The van der Waals surface area contributed by atoms with Gasteiger partial charge >= 0.3 is 6.03 Å². The zero-order chi connectivity index (χ0) is 21.3. The fraction of sp³-hybridized carbons (Fsp3) is 0.545. The smallest absolute Gasteiger partial charge is 0.325 e. The van der Waals surface area contributed by atoms with Crippen molar-refractivity contribution >= 4 is 29.4 Å². The first-order valence-electron chi connectivity index (χ1n) is 10.7. The summed E-state index contributed by atoms with van der Waals surface area (Å²) in [5, 5.41) is 5.63. The molecule has 2 atom stereocenters. The molecule has 1 aromatic carbocycles. The SMILES string of the molecule is CC1CCCCC12NC(=O)N(CC(=O)NCc1ccc(N3CCCC3=O)cc1)C2=O. The molecule has 2 aliphatic heterocycles. The van der Waals surface area contributed by atoms with Gasteiger partial charge in [-0.1, -0.05) is 31.9 Å². The highest BCUT2D eigenvalue weighted by atomic mass is 16.2. The number of benzene rings is 1. The number of amides is 5. The maximum Gasteiger partial charge on any atom is 0.325 e. The fourth-order valence-corrected chi connectivity index (χ4v) is 4.75. The summed E-state index contributed by atoms with van der Waals surface area (Å²) in [5.41, 5.74) is 0.894. The van der Waals surface area contributed by atoms with Gasteiger partial charge in [0.2, 0.25) is 11.8 Å². The Balaban J connectivity index is 1.32. The van der Waals surface area contributed by atoms with Gasteiger partial charge in [-0.05, 0) is 42.9 Å². The van der Waals surface area contributed by atoms with Crippen molar-refractivity contribution < 1.29 is 19.2 Å². The molecule has 0 aromatic heterocycles. The zero-order valence-corrected chi connectivity index (χ0v) is 17.3. The van der Waals surface area contributed by atoms with E-state index in [4.69, 9.17) is 0 Å². The van der Waals surface area contributed by atoms with Gasteiger partial charge in [-0.15, -0.1) is 0 Å². The molecule has 2 N–H and O–H groups in total. The zero-order valence-electron chi connectivity index (χ0n) is 17.3. The lowest BCUT2D eigenvalue weighted by molar-refractivity contribution is -0.137. The molecule has 2 unspecified atom stereocenters. The van der Waals surface area contributed by atoms with Gasteiger partial charge in [-0.25, -0.2) is 4.79 Å². The lowest BCUT2D eigenvalue weighted by Gasteiger charge is -2.36. The average Bonchev–Trinajstić information content (AvgIpc) is 3.26. The lowest BCUT2D eigenvalue weighted by Crippen LogP contribution is -2.54. The van der Waals surface area contributed by atoms with E-state index in [2.05, 4.69) is 10.6 Å². The van der Waals surface area contributed by atoms with E-state index in [-0.39, 0.29) is 36.7 Å². The van der Waals surface area contributed by atoms with Crippen LogP contribution < -0.4 is 15.5 Å². The van der Waals surface area contributed by atoms with Gasteiger partial charge < -0.3 is 15.5 Å². The standard InChI is InChI=1S/C22H28N4O4/c1-15-5-2-3-11-22(15)20(29)26(21(30)24-22)14-18(27)23-13-16-7-9-17(10-8-16)25-12-4-6-19(25)28/h7-10,15H,2-6,11-14H2,1H3,(H,23,27)(H,24,30). The predicted octanol–water partition coefficient (Wildman–Crippen LogP) is 1.93.